The standard InChI is InChI=1S/C14H23NO2/c1-5-14(3,4)9-15-10(2)12-8-11(16)6-7-13(12)17/h6-8,10,15-17H,5,9H2,1-4H3. The molecular formula is C14H23NO2. The quantitative estimate of drug-likeness (QED) is 0.689. The van der Waals surface area contributed by atoms with Crippen molar-refractivity contribution < 1.29 is 10.2 Å². The van der Waals surface area contributed by atoms with Gasteiger partial charge in [-0.25, -0.2) is 0 Å². The number of aromatic hydroxyl groups is 2. The normalized spacial score (nSPS) is 13.6. The van der Waals surface area contributed by atoms with Crippen molar-refractivity contribution >= 4 is 0 Å². The van der Waals surface area contributed by atoms with Gasteiger partial charge in [0.15, 0.2) is 0 Å². The number of rotatable bonds is 5. The van der Waals surface area contributed by atoms with Gasteiger partial charge in [-0.1, -0.05) is 20.8 Å². The molecule has 0 saturated carbocycles. The number of hydrogen-bond acceptors (Lipinski definition) is 3. The van der Waals surface area contributed by atoms with E-state index in [9.17, 15) is 10.2 Å². The molecule has 17 heavy (non-hydrogen) atoms. The van der Waals surface area contributed by atoms with Crippen LogP contribution in [0.5, 0.6) is 11.5 Å². The summed E-state index contributed by atoms with van der Waals surface area (Å²) in [6.07, 6.45) is 1.10. The number of phenolic OH excluding ortho intramolecular Hbond substituents is 2. The van der Waals surface area contributed by atoms with E-state index in [2.05, 4.69) is 26.1 Å². The topological polar surface area (TPSA) is 52.5 Å². The molecule has 1 unspecified atom stereocenters. The van der Waals surface area contributed by atoms with E-state index in [-0.39, 0.29) is 23.0 Å². The van der Waals surface area contributed by atoms with Gasteiger partial charge in [0.1, 0.15) is 11.5 Å². The molecule has 0 heterocycles. The molecule has 1 atom stereocenters. The molecule has 0 aliphatic heterocycles. The van der Waals surface area contributed by atoms with Crippen LogP contribution in [-0.4, -0.2) is 16.8 Å². The van der Waals surface area contributed by atoms with E-state index in [1.54, 1.807) is 6.07 Å². The van der Waals surface area contributed by atoms with Crippen LogP contribution in [-0.2, 0) is 0 Å². The minimum absolute atomic E-state index is 0.0212. The second-order valence-electron chi connectivity index (χ2n) is 5.36. The average molecular weight is 237 g/mol. The van der Waals surface area contributed by atoms with Crippen LogP contribution in [0.25, 0.3) is 0 Å². The third kappa shape index (κ3) is 3.93. The number of nitrogens with one attached hydrogen (secondary N) is 1. The summed E-state index contributed by atoms with van der Waals surface area (Å²) in [6.45, 7) is 9.43. The molecule has 0 fully saturated rings. The zero-order valence-electron chi connectivity index (χ0n) is 11.1. The first-order chi connectivity index (χ1) is 7.85. The Morgan fingerprint density at radius 3 is 2.53 bits per heavy atom. The lowest BCUT2D eigenvalue weighted by atomic mass is 9.90. The molecule has 1 rings (SSSR count). The predicted molar refractivity (Wildman–Crippen MR) is 70.3 cm³/mol. The maximum absolute atomic E-state index is 9.74. The Hall–Kier alpha value is -1.22. The second kappa shape index (κ2) is 5.41. The maximum Gasteiger partial charge on any atom is 0.120 e. The summed E-state index contributed by atoms with van der Waals surface area (Å²) < 4.78 is 0. The van der Waals surface area contributed by atoms with Crippen LogP contribution < -0.4 is 5.32 Å². The molecule has 0 aliphatic rings. The summed E-state index contributed by atoms with van der Waals surface area (Å²) in [6, 6.07) is 4.63. The molecule has 0 saturated heterocycles. The highest BCUT2D eigenvalue weighted by Gasteiger charge is 2.17. The van der Waals surface area contributed by atoms with Crippen LogP contribution in [0.1, 0.15) is 45.7 Å². The smallest absolute Gasteiger partial charge is 0.120 e. The monoisotopic (exact) mass is 237 g/mol. The fraction of sp³-hybridized carbons (Fsp3) is 0.571. The summed E-state index contributed by atoms with van der Waals surface area (Å²) in [4.78, 5) is 0. The van der Waals surface area contributed by atoms with Gasteiger partial charge in [-0.05, 0) is 37.0 Å². The van der Waals surface area contributed by atoms with Gasteiger partial charge in [0.25, 0.3) is 0 Å². The fourth-order valence-corrected chi connectivity index (χ4v) is 1.55. The van der Waals surface area contributed by atoms with E-state index in [1.165, 1.54) is 12.1 Å². The minimum atomic E-state index is 0.0212. The Morgan fingerprint density at radius 1 is 1.29 bits per heavy atom. The first kappa shape index (κ1) is 13.8. The van der Waals surface area contributed by atoms with E-state index < -0.39 is 0 Å². The lowest BCUT2D eigenvalue weighted by Gasteiger charge is -2.26. The molecule has 0 amide bonds. The van der Waals surface area contributed by atoms with E-state index in [1.807, 2.05) is 6.92 Å². The van der Waals surface area contributed by atoms with Crippen molar-refractivity contribution in [1.82, 2.24) is 5.32 Å². The van der Waals surface area contributed by atoms with E-state index >= 15 is 0 Å². The van der Waals surface area contributed by atoms with Gasteiger partial charge in [-0.2, -0.15) is 0 Å². The van der Waals surface area contributed by atoms with E-state index in [4.69, 9.17) is 0 Å². The number of benzene rings is 1. The summed E-state index contributed by atoms with van der Waals surface area (Å²) in [5, 5.41) is 22.5. The highest BCUT2D eigenvalue weighted by molar-refractivity contribution is 5.40. The molecule has 0 spiro atoms. The molecular weight excluding hydrogens is 214 g/mol. The average Bonchev–Trinajstić information content (AvgIpc) is 2.29. The van der Waals surface area contributed by atoms with Crippen LogP contribution in [0.4, 0.5) is 0 Å². The molecule has 96 valence electrons. The van der Waals surface area contributed by atoms with Crippen LogP contribution in [0.3, 0.4) is 0 Å². The van der Waals surface area contributed by atoms with Crippen LogP contribution >= 0.6 is 0 Å². The Balaban J connectivity index is 2.70. The van der Waals surface area contributed by atoms with Crippen molar-refractivity contribution in [3.63, 3.8) is 0 Å². The zero-order valence-corrected chi connectivity index (χ0v) is 11.1. The Morgan fingerprint density at radius 2 is 1.94 bits per heavy atom. The van der Waals surface area contributed by atoms with Gasteiger partial charge in [-0.15, -0.1) is 0 Å². The highest BCUT2D eigenvalue weighted by atomic mass is 16.3. The molecule has 3 nitrogen and oxygen atoms in total. The zero-order chi connectivity index (χ0) is 13.1. The Labute approximate surface area is 103 Å². The maximum atomic E-state index is 9.74. The third-order valence-electron chi connectivity index (χ3n) is 3.32. The van der Waals surface area contributed by atoms with Gasteiger partial charge < -0.3 is 15.5 Å². The first-order valence-corrected chi connectivity index (χ1v) is 6.11. The Kier molecular flexibility index (Phi) is 4.40. The molecule has 0 radical (unpaired) electrons. The second-order valence-corrected chi connectivity index (χ2v) is 5.36. The molecule has 1 aromatic rings. The van der Waals surface area contributed by atoms with E-state index in [0.717, 1.165) is 18.5 Å². The predicted octanol–water partition coefficient (Wildman–Crippen LogP) is 3.18. The van der Waals surface area contributed by atoms with Crippen molar-refractivity contribution in [2.75, 3.05) is 6.54 Å². The van der Waals surface area contributed by atoms with Crippen molar-refractivity contribution in [2.45, 2.75) is 40.2 Å². The summed E-state index contributed by atoms with van der Waals surface area (Å²) >= 11 is 0. The Bertz CT molecular complexity index is 374. The van der Waals surface area contributed by atoms with Gasteiger partial charge >= 0.3 is 0 Å². The fourth-order valence-electron chi connectivity index (χ4n) is 1.55. The SMILES string of the molecule is CCC(C)(C)CNC(C)c1cc(O)ccc1O. The number of hydrogen-bond donors (Lipinski definition) is 3. The number of phenols is 2. The van der Waals surface area contributed by atoms with Gasteiger partial charge in [0.05, 0.1) is 0 Å². The molecule has 0 bridgehead atoms. The van der Waals surface area contributed by atoms with Crippen LogP contribution in [0.2, 0.25) is 0 Å². The lowest BCUT2D eigenvalue weighted by molar-refractivity contribution is 0.311. The molecule has 0 aliphatic carbocycles. The van der Waals surface area contributed by atoms with Gasteiger partial charge in [0, 0.05) is 18.2 Å². The highest BCUT2D eigenvalue weighted by Crippen LogP contribution is 2.28. The lowest BCUT2D eigenvalue weighted by Crippen LogP contribution is -2.30. The van der Waals surface area contributed by atoms with Crippen molar-refractivity contribution in [3.05, 3.63) is 23.8 Å². The van der Waals surface area contributed by atoms with Crippen molar-refractivity contribution in [3.8, 4) is 11.5 Å². The summed E-state index contributed by atoms with van der Waals surface area (Å²) in [5.74, 6) is 0.401. The minimum Gasteiger partial charge on any atom is -0.508 e. The van der Waals surface area contributed by atoms with Gasteiger partial charge in [-0.3, -0.25) is 0 Å². The van der Waals surface area contributed by atoms with Gasteiger partial charge in [0.2, 0.25) is 0 Å². The van der Waals surface area contributed by atoms with Crippen molar-refractivity contribution in [2.24, 2.45) is 5.41 Å². The summed E-state index contributed by atoms with van der Waals surface area (Å²) in [5.41, 5.74) is 0.970. The third-order valence-corrected chi connectivity index (χ3v) is 3.32. The molecule has 3 N–H and O–H groups in total. The largest absolute Gasteiger partial charge is 0.508 e. The summed E-state index contributed by atoms with van der Waals surface area (Å²) in [7, 11) is 0. The van der Waals surface area contributed by atoms with Crippen LogP contribution in [0.15, 0.2) is 18.2 Å². The molecule has 0 aromatic heterocycles. The molecule has 1 aromatic carbocycles. The van der Waals surface area contributed by atoms with Crippen LogP contribution in [0, 0.1) is 5.41 Å². The molecule has 3 heteroatoms. The van der Waals surface area contributed by atoms with Crippen molar-refractivity contribution in [1.29, 1.82) is 0 Å². The first-order valence-electron chi connectivity index (χ1n) is 6.11. The van der Waals surface area contributed by atoms with E-state index in [0.29, 0.717) is 0 Å².